The number of hydrazine groups is 1. The number of rotatable bonds is 4. The first-order valence-corrected chi connectivity index (χ1v) is 8.64. The average Bonchev–Trinajstić information content (AvgIpc) is 2.53. The smallest absolute Gasteiger partial charge is 0.276 e. The molecular weight excluding hydrogens is 357 g/mol. The third kappa shape index (κ3) is 6.41. The van der Waals surface area contributed by atoms with Gasteiger partial charge in [0, 0.05) is 11.1 Å². The van der Waals surface area contributed by atoms with E-state index in [1.54, 1.807) is 18.2 Å². The Morgan fingerprint density at radius 1 is 1.22 bits per heavy atom. The van der Waals surface area contributed by atoms with E-state index in [9.17, 15) is 4.79 Å². The van der Waals surface area contributed by atoms with Gasteiger partial charge >= 0.3 is 0 Å². The van der Waals surface area contributed by atoms with Crippen molar-refractivity contribution in [1.82, 2.24) is 16.2 Å². The molecule has 0 spiro atoms. The van der Waals surface area contributed by atoms with Gasteiger partial charge in [0.05, 0.1) is 5.02 Å². The number of hydrogen-bond acceptors (Lipinski definition) is 3. The number of nitrogens with one attached hydrogen (secondary N) is 3. The summed E-state index contributed by atoms with van der Waals surface area (Å²) in [6.45, 7) is -0.180. The Morgan fingerprint density at radius 3 is 2.65 bits per heavy atom. The minimum atomic E-state index is -0.358. The zero-order valence-corrected chi connectivity index (χ0v) is 14.9. The van der Waals surface area contributed by atoms with Gasteiger partial charge in [-0.25, -0.2) is 0 Å². The van der Waals surface area contributed by atoms with Crippen LogP contribution in [0.1, 0.15) is 32.1 Å². The number of carbonyl (C=O) groups excluding carboxylic acids is 1. The van der Waals surface area contributed by atoms with Gasteiger partial charge in [0.15, 0.2) is 11.7 Å². The van der Waals surface area contributed by atoms with Crippen LogP contribution >= 0.6 is 35.4 Å². The van der Waals surface area contributed by atoms with Crippen molar-refractivity contribution in [2.75, 3.05) is 6.61 Å². The molecule has 0 bridgehead atoms. The summed E-state index contributed by atoms with van der Waals surface area (Å²) < 4.78 is 5.33. The molecule has 0 aromatic heterocycles. The largest absolute Gasteiger partial charge is 0.482 e. The van der Waals surface area contributed by atoms with Gasteiger partial charge in [-0.3, -0.25) is 15.6 Å². The predicted octanol–water partition coefficient (Wildman–Crippen LogP) is 3.20. The predicted molar refractivity (Wildman–Crippen MR) is 95.8 cm³/mol. The second-order valence-corrected chi connectivity index (χ2v) is 6.60. The lowest BCUT2D eigenvalue weighted by Crippen LogP contribution is -2.51. The highest BCUT2D eigenvalue weighted by Gasteiger charge is 2.14. The number of thiocarbonyl (C=S) groups is 1. The van der Waals surface area contributed by atoms with Crippen molar-refractivity contribution in [3.8, 4) is 5.75 Å². The van der Waals surface area contributed by atoms with Gasteiger partial charge in [-0.05, 0) is 43.3 Å². The van der Waals surface area contributed by atoms with E-state index in [4.69, 9.17) is 40.2 Å². The molecule has 1 aromatic rings. The molecule has 1 aromatic carbocycles. The van der Waals surface area contributed by atoms with Gasteiger partial charge in [0.1, 0.15) is 5.75 Å². The van der Waals surface area contributed by atoms with Crippen LogP contribution in [0.2, 0.25) is 10.0 Å². The molecule has 1 fully saturated rings. The van der Waals surface area contributed by atoms with E-state index in [2.05, 4.69) is 16.2 Å². The van der Waals surface area contributed by atoms with Crippen LogP contribution < -0.4 is 20.9 Å². The summed E-state index contributed by atoms with van der Waals surface area (Å²) >= 11 is 16.9. The minimum absolute atomic E-state index is 0.180. The van der Waals surface area contributed by atoms with E-state index in [0.29, 0.717) is 26.9 Å². The number of halogens is 2. The number of benzene rings is 1. The minimum Gasteiger partial charge on any atom is -0.482 e. The summed E-state index contributed by atoms with van der Waals surface area (Å²) in [5, 5.41) is 4.47. The van der Waals surface area contributed by atoms with Gasteiger partial charge in [-0.2, -0.15) is 0 Å². The third-order valence-corrected chi connectivity index (χ3v) is 4.26. The molecule has 2 rings (SSSR count). The van der Waals surface area contributed by atoms with Crippen LogP contribution in [-0.2, 0) is 4.79 Å². The maximum atomic E-state index is 11.7. The van der Waals surface area contributed by atoms with Crippen LogP contribution in [-0.4, -0.2) is 23.7 Å². The lowest BCUT2D eigenvalue weighted by molar-refractivity contribution is -0.123. The van der Waals surface area contributed by atoms with Crippen LogP contribution in [0.5, 0.6) is 5.75 Å². The number of ether oxygens (including phenoxy) is 1. The van der Waals surface area contributed by atoms with Crippen LogP contribution in [0.4, 0.5) is 0 Å². The van der Waals surface area contributed by atoms with Gasteiger partial charge in [0.2, 0.25) is 0 Å². The summed E-state index contributed by atoms with van der Waals surface area (Å²) in [7, 11) is 0. The first-order valence-electron chi connectivity index (χ1n) is 7.48. The van der Waals surface area contributed by atoms with Crippen molar-refractivity contribution in [1.29, 1.82) is 0 Å². The number of amides is 1. The maximum absolute atomic E-state index is 11.7. The Labute approximate surface area is 151 Å². The molecule has 0 aliphatic heterocycles. The molecule has 5 nitrogen and oxygen atoms in total. The summed E-state index contributed by atoms with van der Waals surface area (Å²) in [5.41, 5.74) is 5.16. The van der Waals surface area contributed by atoms with Gasteiger partial charge in [-0.1, -0.05) is 42.5 Å². The molecule has 126 valence electrons. The molecule has 0 radical (unpaired) electrons. The van der Waals surface area contributed by atoms with Crippen LogP contribution in [0, 0.1) is 0 Å². The van der Waals surface area contributed by atoms with Crippen molar-refractivity contribution in [3.63, 3.8) is 0 Å². The lowest BCUT2D eigenvalue weighted by atomic mass is 9.96. The molecule has 0 unspecified atom stereocenters. The molecule has 0 heterocycles. The SMILES string of the molecule is O=C(COc1ccc(Cl)cc1Cl)NNC(=S)NC1CCCCC1. The second-order valence-electron chi connectivity index (χ2n) is 5.34. The van der Waals surface area contributed by atoms with Gasteiger partial charge < -0.3 is 10.1 Å². The monoisotopic (exact) mass is 375 g/mol. The molecular formula is C15H19Cl2N3O2S. The summed E-state index contributed by atoms with van der Waals surface area (Å²) in [4.78, 5) is 11.7. The summed E-state index contributed by atoms with van der Waals surface area (Å²) in [6.07, 6.45) is 5.91. The molecule has 1 aliphatic rings. The lowest BCUT2D eigenvalue weighted by Gasteiger charge is -2.24. The summed E-state index contributed by atoms with van der Waals surface area (Å²) in [5.74, 6) is 0.0398. The highest BCUT2D eigenvalue weighted by Crippen LogP contribution is 2.27. The Hall–Kier alpha value is -1.24. The van der Waals surface area contributed by atoms with E-state index < -0.39 is 0 Å². The van der Waals surface area contributed by atoms with Crippen molar-refractivity contribution in [2.24, 2.45) is 0 Å². The Balaban J connectivity index is 1.67. The molecule has 0 atom stereocenters. The highest BCUT2D eigenvalue weighted by molar-refractivity contribution is 7.80. The molecule has 1 amide bonds. The second kappa shape index (κ2) is 9.15. The number of carbonyl (C=O) groups is 1. The Kier molecular flexibility index (Phi) is 7.20. The van der Waals surface area contributed by atoms with Crippen LogP contribution in [0.25, 0.3) is 0 Å². The molecule has 8 heteroatoms. The fraction of sp³-hybridized carbons (Fsp3) is 0.467. The van der Waals surface area contributed by atoms with Crippen LogP contribution in [0.3, 0.4) is 0 Å². The van der Waals surface area contributed by atoms with Crippen molar-refractivity contribution < 1.29 is 9.53 Å². The fourth-order valence-corrected chi connectivity index (χ4v) is 3.05. The van der Waals surface area contributed by atoms with E-state index in [1.165, 1.54) is 19.3 Å². The number of hydrogen-bond donors (Lipinski definition) is 3. The first kappa shape index (κ1) is 18.1. The quantitative estimate of drug-likeness (QED) is 0.557. The average molecular weight is 376 g/mol. The van der Waals surface area contributed by atoms with E-state index in [1.807, 2.05) is 0 Å². The highest BCUT2D eigenvalue weighted by atomic mass is 35.5. The van der Waals surface area contributed by atoms with Crippen molar-refractivity contribution in [3.05, 3.63) is 28.2 Å². The topological polar surface area (TPSA) is 62.4 Å². The van der Waals surface area contributed by atoms with E-state index >= 15 is 0 Å². The van der Waals surface area contributed by atoms with E-state index in [0.717, 1.165) is 12.8 Å². The zero-order valence-electron chi connectivity index (χ0n) is 12.5. The van der Waals surface area contributed by atoms with Crippen LogP contribution in [0.15, 0.2) is 18.2 Å². The third-order valence-electron chi connectivity index (χ3n) is 3.51. The molecule has 3 N–H and O–H groups in total. The van der Waals surface area contributed by atoms with E-state index in [-0.39, 0.29) is 12.5 Å². The fourth-order valence-electron chi connectivity index (χ4n) is 2.37. The van der Waals surface area contributed by atoms with Gasteiger partial charge in [-0.15, -0.1) is 0 Å². The molecule has 1 saturated carbocycles. The zero-order chi connectivity index (χ0) is 16.7. The molecule has 0 saturated heterocycles. The molecule has 23 heavy (non-hydrogen) atoms. The Bertz CT molecular complexity index is 566. The van der Waals surface area contributed by atoms with Gasteiger partial charge in [0.25, 0.3) is 5.91 Å². The summed E-state index contributed by atoms with van der Waals surface area (Å²) in [6, 6.07) is 5.19. The standard InChI is InChI=1S/C15H19Cl2N3O2S/c16-10-6-7-13(12(17)8-10)22-9-14(21)19-20-15(23)18-11-4-2-1-3-5-11/h6-8,11H,1-5,9H2,(H,19,21)(H2,18,20,23). The normalized spacial score (nSPS) is 14.9. The van der Waals surface area contributed by atoms with Crippen molar-refractivity contribution in [2.45, 2.75) is 38.1 Å². The Morgan fingerprint density at radius 2 is 1.96 bits per heavy atom. The molecule has 1 aliphatic carbocycles. The van der Waals surface area contributed by atoms with Crippen molar-refractivity contribution >= 4 is 46.4 Å². The first-order chi connectivity index (χ1) is 11.0. The maximum Gasteiger partial charge on any atom is 0.276 e.